The number of hydrogen-bond acceptors (Lipinski definition) is 2. The Labute approximate surface area is 96.3 Å². The average molecular weight is 223 g/mol. The minimum absolute atomic E-state index is 0.126. The van der Waals surface area contributed by atoms with Crippen molar-refractivity contribution in [3.63, 3.8) is 0 Å². The monoisotopic (exact) mass is 223 g/mol. The maximum atomic E-state index is 5.01. The van der Waals surface area contributed by atoms with Gasteiger partial charge in [-0.25, -0.2) is 4.98 Å². The number of anilines is 1. The molecule has 1 heterocycles. The minimum Gasteiger partial charge on any atom is -0.365 e. The number of thiocarbonyl (C=S) groups is 1. The van der Waals surface area contributed by atoms with Crippen LogP contribution in [0.15, 0.2) is 18.3 Å². The fraction of sp³-hybridized carbons (Fsp3) is 0.455. The van der Waals surface area contributed by atoms with Crippen LogP contribution in [0.5, 0.6) is 0 Å². The number of pyridine rings is 1. The fourth-order valence-electron chi connectivity index (χ4n) is 1.14. The largest absolute Gasteiger partial charge is 0.365 e. The lowest BCUT2D eigenvalue weighted by Crippen LogP contribution is -2.25. The molecule has 3 nitrogen and oxygen atoms in total. The van der Waals surface area contributed by atoms with Gasteiger partial charge in [0.2, 0.25) is 0 Å². The first kappa shape index (κ1) is 11.9. The second kappa shape index (κ2) is 4.57. The van der Waals surface area contributed by atoms with Gasteiger partial charge in [-0.1, -0.05) is 20.8 Å². The second-order valence-corrected chi connectivity index (χ2v) is 4.79. The van der Waals surface area contributed by atoms with Crippen molar-refractivity contribution >= 4 is 23.1 Å². The van der Waals surface area contributed by atoms with Gasteiger partial charge in [-0.15, -0.1) is 0 Å². The van der Waals surface area contributed by atoms with Crippen LogP contribution >= 0.6 is 12.2 Å². The third-order valence-electron chi connectivity index (χ3n) is 2.09. The summed E-state index contributed by atoms with van der Waals surface area (Å²) in [5, 5.41) is 6.44. The smallest absolute Gasteiger partial charge is 0.171 e. The van der Waals surface area contributed by atoms with E-state index in [9.17, 15) is 0 Å². The summed E-state index contributed by atoms with van der Waals surface area (Å²) in [5.74, 6) is 0.779. The van der Waals surface area contributed by atoms with Gasteiger partial charge in [0, 0.05) is 13.2 Å². The number of rotatable bonds is 1. The Hall–Kier alpha value is -1.16. The van der Waals surface area contributed by atoms with E-state index in [0.717, 1.165) is 5.82 Å². The molecule has 1 aromatic rings. The van der Waals surface area contributed by atoms with Gasteiger partial charge in [0.05, 0.1) is 0 Å². The van der Waals surface area contributed by atoms with Crippen molar-refractivity contribution in [3.05, 3.63) is 23.9 Å². The molecular formula is C11H17N3S. The number of nitrogens with zero attached hydrogens (tertiary/aromatic N) is 1. The van der Waals surface area contributed by atoms with E-state index in [2.05, 4.69) is 36.4 Å². The van der Waals surface area contributed by atoms with E-state index in [-0.39, 0.29) is 5.41 Å². The van der Waals surface area contributed by atoms with Crippen molar-refractivity contribution < 1.29 is 0 Å². The highest BCUT2D eigenvalue weighted by Gasteiger charge is 2.14. The Kier molecular flexibility index (Phi) is 3.63. The lowest BCUT2D eigenvalue weighted by Gasteiger charge is -2.19. The zero-order chi connectivity index (χ0) is 11.5. The topological polar surface area (TPSA) is 37.0 Å². The van der Waals surface area contributed by atoms with Crippen molar-refractivity contribution in [2.75, 3.05) is 12.4 Å². The van der Waals surface area contributed by atoms with Crippen LogP contribution in [0, 0.1) is 0 Å². The first-order valence-electron chi connectivity index (χ1n) is 4.89. The maximum absolute atomic E-state index is 5.01. The Morgan fingerprint density at radius 3 is 2.60 bits per heavy atom. The van der Waals surface area contributed by atoms with Crippen molar-refractivity contribution in [1.29, 1.82) is 0 Å². The number of nitrogens with one attached hydrogen (secondary N) is 2. The number of aromatic nitrogens is 1. The Bertz CT molecular complexity index is 355. The van der Waals surface area contributed by atoms with Crippen molar-refractivity contribution in [1.82, 2.24) is 10.3 Å². The number of hydrogen-bond donors (Lipinski definition) is 2. The van der Waals surface area contributed by atoms with Crippen LogP contribution < -0.4 is 10.6 Å². The predicted molar refractivity (Wildman–Crippen MR) is 68.2 cm³/mol. The van der Waals surface area contributed by atoms with Gasteiger partial charge in [-0.2, -0.15) is 0 Å². The second-order valence-electron chi connectivity index (χ2n) is 4.38. The van der Waals surface area contributed by atoms with E-state index in [1.807, 2.05) is 12.1 Å². The zero-order valence-electron chi connectivity index (χ0n) is 9.59. The van der Waals surface area contributed by atoms with Gasteiger partial charge in [0.25, 0.3) is 0 Å². The van der Waals surface area contributed by atoms with Gasteiger partial charge in [0.15, 0.2) is 5.11 Å². The van der Waals surface area contributed by atoms with Gasteiger partial charge in [-0.05, 0) is 35.3 Å². The van der Waals surface area contributed by atoms with Gasteiger partial charge in [-0.3, -0.25) is 0 Å². The van der Waals surface area contributed by atoms with E-state index < -0.39 is 0 Å². The molecule has 4 heteroatoms. The minimum atomic E-state index is 0.126. The van der Waals surface area contributed by atoms with Gasteiger partial charge >= 0.3 is 0 Å². The van der Waals surface area contributed by atoms with E-state index in [1.165, 1.54) is 5.56 Å². The van der Waals surface area contributed by atoms with Gasteiger partial charge in [0.1, 0.15) is 5.82 Å². The van der Waals surface area contributed by atoms with Crippen molar-refractivity contribution in [2.45, 2.75) is 26.2 Å². The van der Waals surface area contributed by atoms with Crippen LogP contribution in [0.4, 0.5) is 5.82 Å². The molecule has 0 unspecified atom stereocenters. The first-order valence-corrected chi connectivity index (χ1v) is 5.29. The Morgan fingerprint density at radius 2 is 2.07 bits per heavy atom. The average Bonchev–Trinajstić information content (AvgIpc) is 2.17. The van der Waals surface area contributed by atoms with E-state index in [0.29, 0.717) is 5.11 Å². The molecule has 0 atom stereocenters. The Morgan fingerprint density at radius 1 is 1.40 bits per heavy atom. The lowest BCUT2D eigenvalue weighted by molar-refractivity contribution is 0.589. The predicted octanol–water partition coefficient (Wildman–Crippen LogP) is 2.30. The van der Waals surface area contributed by atoms with E-state index >= 15 is 0 Å². The molecule has 0 aromatic carbocycles. The van der Waals surface area contributed by atoms with Crippen LogP contribution in [0.25, 0.3) is 0 Å². The molecule has 82 valence electrons. The molecule has 0 aliphatic carbocycles. The van der Waals surface area contributed by atoms with E-state index in [1.54, 1.807) is 13.2 Å². The molecule has 1 rings (SSSR count). The molecule has 0 bridgehead atoms. The Balaban J connectivity index is 2.88. The summed E-state index contributed by atoms with van der Waals surface area (Å²) in [5.41, 5.74) is 1.36. The van der Waals surface area contributed by atoms with Crippen LogP contribution in [-0.2, 0) is 5.41 Å². The molecule has 2 N–H and O–H groups in total. The molecule has 15 heavy (non-hydrogen) atoms. The summed E-state index contributed by atoms with van der Waals surface area (Å²) >= 11 is 5.01. The molecular weight excluding hydrogens is 206 g/mol. The summed E-state index contributed by atoms with van der Waals surface area (Å²) < 4.78 is 0. The molecule has 0 aliphatic rings. The van der Waals surface area contributed by atoms with Crippen molar-refractivity contribution in [2.24, 2.45) is 0 Å². The van der Waals surface area contributed by atoms with Crippen LogP contribution in [0.3, 0.4) is 0 Å². The standard InChI is InChI=1S/C11H17N3S/c1-11(2,3)8-5-6-13-9(7-8)14-10(15)12-4/h5-7H,1-4H3,(H2,12,13,14,15). The SMILES string of the molecule is CNC(=S)Nc1cc(C(C)(C)C)ccn1. The van der Waals surface area contributed by atoms with Crippen LogP contribution in [-0.4, -0.2) is 17.1 Å². The fourth-order valence-corrected chi connectivity index (χ4v) is 1.25. The summed E-state index contributed by atoms with van der Waals surface area (Å²) in [7, 11) is 1.78. The molecule has 0 amide bonds. The molecule has 0 spiro atoms. The summed E-state index contributed by atoms with van der Waals surface area (Å²) in [6.45, 7) is 6.51. The highest BCUT2D eigenvalue weighted by Crippen LogP contribution is 2.23. The maximum Gasteiger partial charge on any atom is 0.171 e. The molecule has 0 saturated heterocycles. The zero-order valence-corrected chi connectivity index (χ0v) is 10.4. The third-order valence-corrected chi connectivity index (χ3v) is 2.40. The molecule has 0 saturated carbocycles. The quantitative estimate of drug-likeness (QED) is 0.716. The summed E-state index contributed by atoms with van der Waals surface area (Å²) in [6, 6.07) is 4.04. The first-order chi connectivity index (χ1) is 6.93. The lowest BCUT2D eigenvalue weighted by atomic mass is 9.88. The highest BCUT2D eigenvalue weighted by molar-refractivity contribution is 7.80. The normalized spacial score (nSPS) is 10.9. The highest BCUT2D eigenvalue weighted by atomic mass is 32.1. The molecule has 0 radical (unpaired) electrons. The molecule has 0 aliphatic heterocycles. The molecule has 0 fully saturated rings. The summed E-state index contributed by atoms with van der Waals surface area (Å²) in [4.78, 5) is 4.20. The van der Waals surface area contributed by atoms with E-state index in [4.69, 9.17) is 12.2 Å². The van der Waals surface area contributed by atoms with Crippen LogP contribution in [0.2, 0.25) is 0 Å². The van der Waals surface area contributed by atoms with Gasteiger partial charge < -0.3 is 10.6 Å². The van der Waals surface area contributed by atoms with Crippen molar-refractivity contribution in [3.8, 4) is 0 Å². The molecule has 1 aromatic heterocycles. The third kappa shape index (κ3) is 3.47. The van der Waals surface area contributed by atoms with Crippen LogP contribution in [0.1, 0.15) is 26.3 Å². The summed E-state index contributed by atoms with van der Waals surface area (Å²) in [6.07, 6.45) is 1.79.